The quantitative estimate of drug-likeness (QED) is 0.779. The Morgan fingerprint density at radius 1 is 1.29 bits per heavy atom. The number of aliphatic hydroxyl groups is 1. The van der Waals surface area contributed by atoms with Gasteiger partial charge in [-0.2, -0.15) is 13.2 Å². The lowest BCUT2D eigenvalue weighted by molar-refractivity contribution is -0.138. The third kappa shape index (κ3) is 2.24. The predicted molar refractivity (Wildman–Crippen MR) is 45.0 cm³/mol. The Kier molecular flexibility index (Phi) is 3.16. The molecular formula is C8H5BrF4O. The van der Waals surface area contributed by atoms with Gasteiger partial charge in [0, 0.05) is 10.0 Å². The van der Waals surface area contributed by atoms with Gasteiger partial charge in [0.1, 0.15) is 5.82 Å². The standard InChI is InChI=1S/C8H5BrF4O/c9-6-1-4(3-14)7(10)2-5(6)8(11,12)13/h1-2,14H,3H2. The van der Waals surface area contributed by atoms with Crippen LogP contribution in [0.3, 0.4) is 0 Å². The first-order chi connectivity index (χ1) is 6.36. The van der Waals surface area contributed by atoms with Crippen molar-refractivity contribution in [2.75, 3.05) is 0 Å². The van der Waals surface area contributed by atoms with Gasteiger partial charge in [0.15, 0.2) is 0 Å². The van der Waals surface area contributed by atoms with E-state index in [0.717, 1.165) is 6.07 Å². The van der Waals surface area contributed by atoms with Gasteiger partial charge in [-0.15, -0.1) is 0 Å². The van der Waals surface area contributed by atoms with Gasteiger partial charge in [0.05, 0.1) is 12.2 Å². The highest BCUT2D eigenvalue weighted by Crippen LogP contribution is 2.36. The number of hydrogen-bond donors (Lipinski definition) is 1. The fourth-order valence-electron chi connectivity index (χ4n) is 0.926. The minimum atomic E-state index is -4.60. The summed E-state index contributed by atoms with van der Waals surface area (Å²) in [5, 5.41) is 8.59. The molecule has 1 aromatic carbocycles. The lowest BCUT2D eigenvalue weighted by atomic mass is 10.1. The van der Waals surface area contributed by atoms with Crippen molar-refractivity contribution < 1.29 is 22.7 Å². The van der Waals surface area contributed by atoms with Crippen molar-refractivity contribution in [3.63, 3.8) is 0 Å². The molecule has 78 valence electrons. The van der Waals surface area contributed by atoms with E-state index < -0.39 is 24.2 Å². The molecule has 0 aliphatic carbocycles. The summed E-state index contributed by atoms with van der Waals surface area (Å²) in [4.78, 5) is 0. The van der Waals surface area contributed by atoms with E-state index in [1.54, 1.807) is 0 Å². The van der Waals surface area contributed by atoms with Crippen LogP contribution in [0.15, 0.2) is 16.6 Å². The molecule has 0 saturated heterocycles. The van der Waals surface area contributed by atoms with Crippen LogP contribution in [0, 0.1) is 5.82 Å². The topological polar surface area (TPSA) is 20.2 Å². The van der Waals surface area contributed by atoms with E-state index in [4.69, 9.17) is 5.11 Å². The molecule has 0 heterocycles. The molecule has 0 atom stereocenters. The molecular weight excluding hydrogens is 268 g/mol. The van der Waals surface area contributed by atoms with Crippen LogP contribution in [-0.2, 0) is 12.8 Å². The van der Waals surface area contributed by atoms with Crippen LogP contribution in [0.25, 0.3) is 0 Å². The summed E-state index contributed by atoms with van der Waals surface area (Å²) >= 11 is 2.66. The van der Waals surface area contributed by atoms with Gasteiger partial charge in [-0.1, -0.05) is 15.9 Å². The summed E-state index contributed by atoms with van der Waals surface area (Å²) in [5.74, 6) is -1.07. The molecule has 1 rings (SSSR count). The largest absolute Gasteiger partial charge is 0.417 e. The second-order valence-corrected chi connectivity index (χ2v) is 3.43. The van der Waals surface area contributed by atoms with E-state index >= 15 is 0 Å². The van der Waals surface area contributed by atoms with E-state index in [1.165, 1.54) is 0 Å². The fourth-order valence-corrected chi connectivity index (χ4v) is 1.54. The van der Waals surface area contributed by atoms with Crippen LogP contribution in [0.4, 0.5) is 17.6 Å². The normalized spacial score (nSPS) is 11.9. The molecule has 0 fully saturated rings. The van der Waals surface area contributed by atoms with E-state index in [1.807, 2.05) is 0 Å². The molecule has 0 unspecified atom stereocenters. The molecule has 0 saturated carbocycles. The molecule has 0 bridgehead atoms. The van der Waals surface area contributed by atoms with Crippen LogP contribution >= 0.6 is 15.9 Å². The maximum Gasteiger partial charge on any atom is 0.417 e. The number of rotatable bonds is 1. The fraction of sp³-hybridized carbons (Fsp3) is 0.250. The number of alkyl halides is 3. The first kappa shape index (κ1) is 11.5. The first-order valence-corrected chi connectivity index (χ1v) is 4.31. The van der Waals surface area contributed by atoms with Gasteiger partial charge in [0.25, 0.3) is 0 Å². The zero-order chi connectivity index (χ0) is 10.9. The van der Waals surface area contributed by atoms with Crippen molar-refractivity contribution in [3.05, 3.63) is 33.5 Å². The van der Waals surface area contributed by atoms with E-state index in [0.29, 0.717) is 6.07 Å². The maximum absolute atomic E-state index is 12.9. The van der Waals surface area contributed by atoms with Gasteiger partial charge in [0.2, 0.25) is 0 Å². The van der Waals surface area contributed by atoms with E-state index in [9.17, 15) is 17.6 Å². The highest BCUT2D eigenvalue weighted by Gasteiger charge is 2.33. The van der Waals surface area contributed by atoms with Crippen LogP contribution in [-0.4, -0.2) is 5.11 Å². The van der Waals surface area contributed by atoms with Gasteiger partial charge in [-0.05, 0) is 12.1 Å². The van der Waals surface area contributed by atoms with Gasteiger partial charge < -0.3 is 5.11 Å². The summed E-state index contributed by atoms with van der Waals surface area (Å²) in [6, 6.07) is 1.27. The molecule has 0 amide bonds. The Morgan fingerprint density at radius 2 is 1.86 bits per heavy atom. The average molecular weight is 273 g/mol. The molecule has 0 aliphatic rings. The molecule has 1 nitrogen and oxygen atoms in total. The van der Waals surface area contributed by atoms with Gasteiger partial charge in [-0.3, -0.25) is 0 Å². The second kappa shape index (κ2) is 3.86. The molecule has 0 spiro atoms. The Balaban J connectivity index is 3.29. The summed E-state index contributed by atoms with van der Waals surface area (Å²) in [6.45, 7) is -0.636. The van der Waals surface area contributed by atoms with Crippen LogP contribution in [0.5, 0.6) is 0 Å². The van der Waals surface area contributed by atoms with Crippen molar-refractivity contribution in [2.45, 2.75) is 12.8 Å². The Morgan fingerprint density at radius 3 is 2.29 bits per heavy atom. The van der Waals surface area contributed by atoms with Crippen molar-refractivity contribution in [3.8, 4) is 0 Å². The number of hydrogen-bond acceptors (Lipinski definition) is 1. The van der Waals surface area contributed by atoms with Gasteiger partial charge >= 0.3 is 6.18 Å². The third-order valence-corrected chi connectivity index (χ3v) is 2.27. The summed E-state index contributed by atoms with van der Waals surface area (Å²) in [5.41, 5.74) is -1.27. The molecule has 0 aromatic heterocycles. The van der Waals surface area contributed by atoms with Crippen molar-refractivity contribution >= 4 is 15.9 Å². The van der Waals surface area contributed by atoms with Crippen LogP contribution < -0.4 is 0 Å². The highest BCUT2D eigenvalue weighted by atomic mass is 79.9. The van der Waals surface area contributed by atoms with Crippen LogP contribution in [0.1, 0.15) is 11.1 Å². The van der Waals surface area contributed by atoms with Gasteiger partial charge in [-0.25, -0.2) is 4.39 Å². The lowest BCUT2D eigenvalue weighted by Gasteiger charge is -2.10. The number of halogens is 5. The van der Waals surface area contributed by atoms with Crippen molar-refractivity contribution in [1.29, 1.82) is 0 Å². The predicted octanol–water partition coefficient (Wildman–Crippen LogP) is 3.10. The third-order valence-electron chi connectivity index (χ3n) is 1.61. The SMILES string of the molecule is OCc1cc(Br)c(C(F)(F)F)cc1F. The maximum atomic E-state index is 12.9. The summed E-state index contributed by atoms with van der Waals surface area (Å²) < 4.78 is 49.2. The number of aliphatic hydroxyl groups excluding tert-OH is 1. The smallest absolute Gasteiger partial charge is 0.392 e. The van der Waals surface area contributed by atoms with Crippen molar-refractivity contribution in [1.82, 2.24) is 0 Å². The van der Waals surface area contributed by atoms with E-state index in [2.05, 4.69) is 15.9 Å². The first-order valence-electron chi connectivity index (χ1n) is 3.52. The Labute approximate surface area is 85.5 Å². The molecule has 1 N–H and O–H groups in total. The zero-order valence-electron chi connectivity index (χ0n) is 6.70. The molecule has 6 heteroatoms. The summed E-state index contributed by atoms with van der Waals surface area (Å²) in [6.07, 6.45) is -4.60. The zero-order valence-corrected chi connectivity index (χ0v) is 8.28. The minimum Gasteiger partial charge on any atom is -0.392 e. The number of benzene rings is 1. The summed E-state index contributed by atoms with van der Waals surface area (Å²) in [7, 11) is 0. The van der Waals surface area contributed by atoms with Crippen molar-refractivity contribution in [2.24, 2.45) is 0 Å². The molecule has 0 radical (unpaired) electrons. The van der Waals surface area contributed by atoms with E-state index in [-0.39, 0.29) is 10.0 Å². The Hall–Kier alpha value is -0.620. The monoisotopic (exact) mass is 272 g/mol. The highest BCUT2D eigenvalue weighted by molar-refractivity contribution is 9.10. The molecule has 0 aliphatic heterocycles. The Bertz CT molecular complexity index is 348. The molecule has 1 aromatic rings. The second-order valence-electron chi connectivity index (χ2n) is 2.58. The minimum absolute atomic E-state index is 0.176. The average Bonchev–Trinajstić information content (AvgIpc) is 2.06. The molecule has 14 heavy (non-hydrogen) atoms. The lowest BCUT2D eigenvalue weighted by Crippen LogP contribution is -2.07. The van der Waals surface area contributed by atoms with Crippen LogP contribution in [0.2, 0.25) is 0 Å².